The topological polar surface area (TPSA) is 40.5 Å². The van der Waals surface area contributed by atoms with Gasteiger partial charge in [-0.3, -0.25) is 0 Å². The minimum atomic E-state index is -1.40. The van der Waals surface area contributed by atoms with Crippen LogP contribution in [0.3, 0.4) is 0 Å². The van der Waals surface area contributed by atoms with E-state index in [1.165, 1.54) is 0 Å². The van der Waals surface area contributed by atoms with E-state index in [9.17, 15) is 0 Å². The number of aryl methyl sites for hydroxylation is 1. The molecule has 0 aliphatic heterocycles. The van der Waals surface area contributed by atoms with Gasteiger partial charge >= 0.3 is 7.12 Å². The van der Waals surface area contributed by atoms with E-state index in [0.717, 1.165) is 11.1 Å². The Balaban J connectivity index is 3.25. The maximum Gasteiger partial charge on any atom is 0.489 e. The minimum Gasteiger partial charge on any atom is -0.423 e. The van der Waals surface area contributed by atoms with Crippen molar-refractivity contribution in [2.45, 2.75) is 13.8 Å². The molecule has 0 fully saturated rings. The Kier molecular flexibility index (Phi) is 3.28. The summed E-state index contributed by atoms with van der Waals surface area (Å²) >= 11 is 0. The predicted octanol–water partition coefficient (Wildman–Crippen LogP) is 0.708. The fraction of sp³-hybridized carbons (Fsp3) is 0.200. The van der Waals surface area contributed by atoms with Gasteiger partial charge in [-0.1, -0.05) is 30.4 Å². The minimum absolute atomic E-state index is 0.554. The standard InChI is InChI=1S/C10H13BO2/c1-3-5-9-8(2)6-4-7-10(9)11(12)13/h3-7,12-13H,1-2H3/b5-3-. The van der Waals surface area contributed by atoms with Gasteiger partial charge in [-0.15, -0.1) is 0 Å². The Hall–Kier alpha value is -1.06. The van der Waals surface area contributed by atoms with Crippen molar-refractivity contribution in [1.29, 1.82) is 0 Å². The zero-order valence-corrected chi connectivity index (χ0v) is 7.86. The molecule has 0 aromatic heterocycles. The zero-order valence-electron chi connectivity index (χ0n) is 7.86. The molecule has 0 bridgehead atoms. The molecule has 0 unspecified atom stereocenters. The molecule has 0 radical (unpaired) electrons. The molecule has 13 heavy (non-hydrogen) atoms. The highest BCUT2D eigenvalue weighted by atomic mass is 16.4. The molecule has 0 atom stereocenters. The summed E-state index contributed by atoms with van der Waals surface area (Å²) in [5, 5.41) is 18.2. The molecule has 1 aromatic rings. The molecule has 0 aliphatic carbocycles. The number of benzene rings is 1. The van der Waals surface area contributed by atoms with E-state index >= 15 is 0 Å². The van der Waals surface area contributed by atoms with Crippen LogP contribution in [0, 0.1) is 6.92 Å². The van der Waals surface area contributed by atoms with E-state index in [4.69, 9.17) is 10.0 Å². The van der Waals surface area contributed by atoms with Crippen LogP contribution in [0.25, 0.3) is 6.08 Å². The van der Waals surface area contributed by atoms with Gasteiger partial charge < -0.3 is 10.0 Å². The summed E-state index contributed by atoms with van der Waals surface area (Å²) in [6.45, 7) is 3.85. The van der Waals surface area contributed by atoms with Crippen molar-refractivity contribution in [2.24, 2.45) is 0 Å². The van der Waals surface area contributed by atoms with E-state index in [0.29, 0.717) is 5.46 Å². The molecule has 0 saturated carbocycles. The summed E-state index contributed by atoms with van der Waals surface area (Å²) in [5.41, 5.74) is 2.49. The summed E-state index contributed by atoms with van der Waals surface area (Å²) in [5.74, 6) is 0. The molecule has 2 nitrogen and oxygen atoms in total. The molecule has 0 amide bonds. The lowest BCUT2D eigenvalue weighted by Crippen LogP contribution is -2.32. The highest BCUT2D eigenvalue weighted by molar-refractivity contribution is 6.59. The van der Waals surface area contributed by atoms with Gasteiger partial charge in [0.15, 0.2) is 0 Å². The average Bonchev–Trinajstić information content (AvgIpc) is 2.08. The smallest absolute Gasteiger partial charge is 0.423 e. The quantitative estimate of drug-likeness (QED) is 0.651. The summed E-state index contributed by atoms with van der Waals surface area (Å²) in [4.78, 5) is 0. The van der Waals surface area contributed by atoms with Crippen LogP contribution < -0.4 is 5.46 Å². The van der Waals surface area contributed by atoms with Crippen LogP contribution in [0.4, 0.5) is 0 Å². The first-order valence-electron chi connectivity index (χ1n) is 4.25. The Morgan fingerprint density at radius 3 is 2.54 bits per heavy atom. The molecule has 2 N–H and O–H groups in total. The molecule has 0 spiro atoms. The summed E-state index contributed by atoms with van der Waals surface area (Å²) in [6.07, 6.45) is 3.76. The third-order valence-corrected chi connectivity index (χ3v) is 1.97. The van der Waals surface area contributed by atoms with Crippen LogP contribution >= 0.6 is 0 Å². The van der Waals surface area contributed by atoms with Crippen LogP contribution in [-0.2, 0) is 0 Å². The highest BCUT2D eigenvalue weighted by Crippen LogP contribution is 2.07. The molecule has 0 saturated heterocycles. The Morgan fingerprint density at radius 1 is 1.31 bits per heavy atom. The molecule has 0 aliphatic rings. The van der Waals surface area contributed by atoms with Gasteiger partial charge in [0.2, 0.25) is 0 Å². The van der Waals surface area contributed by atoms with E-state index in [-0.39, 0.29) is 0 Å². The SMILES string of the molecule is C/C=C\c1c(C)cccc1B(O)O. The molecular weight excluding hydrogens is 163 g/mol. The molecule has 1 aromatic carbocycles. The second-order valence-corrected chi connectivity index (χ2v) is 2.95. The van der Waals surface area contributed by atoms with Gasteiger partial charge in [0.05, 0.1) is 0 Å². The monoisotopic (exact) mass is 176 g/mol. The lowest BCUT2D eigenvalue weighted by molar-refractivity contribution is 0.425. The van der Waals surface area contributed by atoms with Crippen molar-refractivity contribution in [1.82, 2.24) is 0 Å². The second kappa shape index (κ2) is 4.26. The van der Waals surface area contributed by atoms with Gasteiger partial charge in [-0.05, 0) is 30.4 Å². The maximum atomic E-state index is 9.08. The largest absolute Gasteiger partial charge is 0.489 e. The van der Waals surface area contributed by atoms with Crippen molar-refractivity contribution >= 4 is 18.7 Å². The zero-order chi connectivity index (χ0) is 9.84. The number of hydrogen-bond donors (Lipinski definition) is 2. The van der Waals surface area contributed by atoms with Crippen molar-refractivity contribution in [3.8, 4) is 0 Å². The van der Waals surface area contributed by atoms with Crippen molar-refractivity contribution in [3.63, 3.8) is 0 Å². The fourth-order valence-corrected chi connectivity index (χ4v) is 1.32. The lowest BCUT2D eigenvalue weighted by atomic mass is 9.76. The molecular formula is C10H13BO2. The normalized spacial score (nSPS) is 10.8. The van der Waals surface area contributed by atoms with Crippen LogP contribution in [0.15, 0.2) is 24.3 Å². The van der Waals surface area contributed by atoms with Crippen molar-refractivity contribution in [2.75, 3.05) is 0 Å². The Morgan fingerprint density at radius 2 is 2.00 bits per heavy atom. The van der Waals surface area contributed by atoms with Gasteiger partial charge in [0.1, 0.15) is 0 Å². The van der Waals surface area contributed by atoms with E-state index in [2.05, 4.69) is 0 Å². The first kappa shape index (κ1) is 10.0. The fourth-order valence-electron chi connectivity index (χ4n) is 1.32. The first-order valence-corrected chi connectivity index (χ1v) is 4.25. The molecule has 68 valence electrons. The van der Waals surface area contributed by atoms with Crippen LogP contribution in [0.2, 0.25) is 0 Å². The van der Waals surface area contributed by atoms with Gasteiger partial charge in [-0.2, -0.15) is 0 Å². The molecule has 3 heteroatoms. The summed E-state index contributed by atoms with van der Waals surface area (Å²) in [7, 11) is -1.40. The molecule has 1 rings (SSSR count). The van der Waals surface area contributed by atoms with Crippen LogP contribution in [0.1, 0.15) is 18.1 Å². The second-order valence-electron chi connectivity index (χ2n) is 2.95. The van der Waals surface area contributed by atoms with Gasteiger partial charge in [0.25, 0.3) is 0 Å². The summed E-state index contributed by atoms with van der Waals surface area (Å²) < 4.78 is 0. The van der Waals surface area contributed by atoms with Crippen LogP contribution in [0.5, 0.6) is 0 Å². The number of rotatable bonds is 2. The average molecular weight is 176 g/mol. The van der Waals surface area contributed by atoms with Gasteiger partial charge in [-0.25, -0.2) is 0 Å². The Bertz CT molecular complexity index is 319. The maximum absolute atomic E-state index is 9.08. The number of hydrogen-bond acceptors (Lipinski definition) is 2. The highest BCUT2D eigenvalue weighted by Gasteiger charge is 2.14. The van der Waals surface area contributed by atoms with Crippen LogP contribution in [-0.4, -0.2) is 17.2 Å². The lowest BCUT2D eigenvalue weighted by Gasteiger charge is -2.07. The van der Waals surface area contributed by atoms with Gasteiger partial charge in [0, 0.05) is 0 Å². The van der Waals surface area contributed by atoms with Crippen molar-refractivity contribution in [3.05, 3.63) is 35.4 Å². The van der Waals surface area contributed by atoms with E-state index in [1.807, 2.05) is 38.1 Å². The number of allylic oxidation sites excluding steroid dienone is 1. The van der Waals surface area contributed by atoms with E-state index < -0.39 is 7.12 Å². The third kappa shape index (κ3) is 2.20. The van der Waals surface area contributed by atoms with Crippen molar-refractivity contribution < 1.29 is 10.0 Å². The third-order valence-electron chi connectivity index (χ3n) is 1.97. The Labute approximate surface area is 78.7 Å². The first-order chi connectivity index (χ1) is 6.16. The summed E-state index contributed by atoms with van der Waals surface area (Å²) in [6, 6.07) is 5.48. The van der Waals surface area contributed by atoms with E-state index in [1.54, 1.807) is 6.07 Å². The molecule has 0 heterocycles. The predicted molar refractivity (Wildman–Crippen MR) is 55.7 cm³/mol.